The summed E-state index contributed by atoms with van der Waals surface area (Å²) in [5.41, 5.74) is 0.370. The molecule has 38 heavy (non-hydrogen) atoms. The Balaban J connectivity index is 1.34. The molecule has 2 aromatic carbocycles. The minimum atomic E-state index is -4.74. The lowest BCUT2D eigenvalue weighted by atomic mass is 10.1. The first-order valence-corrected chi connectivity index (χ1v) is 11.3. The van der Waals surface area contributed by atoms with E-state index in [1.165, 1.54) is 36.4 Å². The number of nitrogens with zero attached hydrogens (tertiary/aromatic N) is 5. The molecule has 0 fully saturated rings. The molecule has 9 nitrogen and oxygen atoms in total. The van der Waals surface area contributed by atoms with Gasteiger partial charge in [-0.2, -0.15) is 23.3 Å². The lowest BCUT2D eigenvalue weighted by Gasteiger charge is -2.12. The van der Waals surface area contributed by atoms with E-state index in [0.29, 0.717) is 11.1 Å². The number of para-hydroxylation sites is 1. The Morgan fingerprint density at radius 3 is 2.42 bits per heavy atom. The summed E-state index contributed by atoms with van der Waals surface area (Å²) in [5.74, 6) is -0.913. The Hall–Kier alpha value is -4.84. The molecule has 1 atom stereocenters. The summed E-state index contributed by atoms with van der Waals surface area (Å²) in [6.07, 6.45) is -1.95. The zero-order valence-corrected chi connectivity index (χ0v) is 19.5. The van der Waals surface area contributed by atoms with E-state index in [2.05, 4.69) is 25.5 Å². The molecule has 192 valence electrons. The number of benzene rings is 2. The fourth-order valence-electron chi connectivity index (χ4n) is 3.75. The van der Waals surface area contributed by atoms with E-state index in [1.54, 1.807) is 42.7 Å². The highest BCUT2D eigenvalue weighted by molar-refractivity contribution is 5.82. The van der Waals surface area contributed by atoms with Gasteiger partial charge in [-0.1, -0.05) is 47.6 Å². The van der Waals surface area contributed by atoms with E-state index in [4.69, 9.17) is 4.52 Å². The van der Waals surface area contributed by atoms with Gasteiger partial charge in [0.05, 0.1) is 17.4 Å². The SMILES string of the molecule is O=C(NCc1ccncc1)[C@H](O)c1ccc(-c2noc(-c3cnn(-c4ccccc4)c3C(F)(F)F)n2)cc1. The van der Waals surface area contributed by atoms with Crippen molar-refractivity contribution in [2.45, 2.75) is 18.8 Å². The quantitative estimate of drug-likeness (QED) is 0.327. The fraction of sp³-hybridized carbons (Fsp3) is 0.115. The Bertz CT molecular complexity index is 1530. The number of nitrogens with one attached hydrogen (secondary N) is 1. The number of aliphatic hydroxyl groups is 1. The van der Waals surface area contributed by atoms with Crippen molar-refractivity contribution in [1.29, 1.82) is 0 Å². The van der Waals surface area contributed by atoms with Gasteiger partial charge in [-0.15, -0.1) is 0 Å². The number of aromatic nitrogens is 5. The molecular weight excluding hydrogens is 501 g/mol. The van der Waals surface area contributed by atoms with Crippen LogP contribution in [0.4, 0.5) is 13.2 Å². The first-order chi connectivity index (χ1) is 18.3. The van der Waals surface area contributed by atoms with E-state index >= 15 is 0 Å². The molecule has 0 radical (unpaired) electrons. The molecular formula is C26H19F3N6O3. The molecule has 0 aliphatic rings. The molecule has 12 heteroatoms. The Kier molecular flexibility index (Phi) is 6.71. The van der Waals surface area contributed by atoms with Crippen molar-refractivity contribution in [3.05, 3.63) is 102 Å². The van der Waals surface area contributed by atoms with Crippen LogP contribution >= 0.6 is 0 Å². The third-order valence-electron chi connectivity index (χ3n) is 5.64. The first-order valence-electron chi connectivity index (χ1n) is 11.3. The smallest absolute Gasteiger partial charge is 0.378 e. The first kappa shape index (κ1) is 24.8. The Morgan fingerprint density at radius 1 is 1.03 bits per heavy atom. The molecule has 0 saturated heterocycles. The van der Waals surface area contributed by atoms with E-state index in [0.717, 1.165) is 16.4 Å². The molecule has 3 aromatic heterocycles. The number of hydrogen-bond donors (Lipinski definition) is 2. The van der Waals surface area contributed by atoms with Gasteiger partial charge in [0, 0.05) is 24.5 Å². The van der Waals surface area contributed by atoms with Crippen LogP contribution in [0.5, 0.6) is 0 Å². The van der Waals surface area contributed by atoms with Crippen molar-refractivity contribution in [2.24, 2.45) is 0 Å². The predicted molar refractivity (Wildman–Crippen MR) is 128 cm³/mol. The number of pyridine rings is 1. The molecule has 0 spiro atoms. The summed E-state index contributed by atoms with van der Waals surface area (Å²) in [7, 11) is 0. The topological polar surface area (TPSA) is 119 Å². The summed E-state index contributed by atoms with van der Waals surface area (Å²) in [4.78, 5) is 20.4. The highest BCUT2D eigenvalue weighted by Gasteiger charge is 2.40. The van der Waals surface area contributed by atoms with E-state index < -0.39 is 23.9 Å². The van der Waals surface area contributed by atoms with Crippen LogP contribution in [0.25, 0.3) is 28.5 Å². The van der Waals surface area contributed by atoms with Crippen LogP contribution in [0.1, 0.15) is 22.9 Å². The standard InChI is InChI=1S/C26H19F3N6O3/c27-26(28,29)22-20(15-32-35(22)19-4-2-1-3-5-19)25-33-23(34-38-25)18-8-6-17(7-9-18)21(36)24(37)31-14-16-10-12-30-13-11-16/h1-13,15,21,36H,14H2,(H,31,37)/t21-/m1/s1. The maximum atomic E-state index is 14.0. The number of rotatable bonds is 7. The number of amides is 1. The van der Waals surface area contributed by atoms with Gasteiger partial charge < -0.3 is 14.9 Å². The molecule has 0 aliphatic carbocycles. The zero-order valence-electron chi connectivity index (χ0n) is 19.5. The lowest BCUT2D eigenvalue weighted by molar-refractivity contribution is -0.142. The van der Waals surface area contributed by atoms with Gasteiger partial charge in [0.2, 0.25) is 5.82 Å². The molecule has 5 rings (SSSR count). The minimum Gasteiger partial charge on any atom is -0.378 e. The number of carbonyl (C=O) groups is 1. The third-order valence-corrected chi connectivity index (χ3v) is 5.64. The van der Waals surface area contributed by atoms with Crippen LogP contribution < -0.4 is 5.32 Å². The summed E-state index contributed by atoms with van der Waals surface area (Å²) in [6, 6.07) is 17.4. The Labute approximate surface area is 213 Å². The van der Waals surface area contributed by atoms with E-state index in [9.17, 15) is 23.1 Å². The molecule has 3 heterocycles. The van der Waals surface area contributed by atoms with Gasteiger partial charge in [-0.05, 0) is 35.4 Å². The second-order valence-corrected chi connectivity index (χ2v) is 8.17. The second kappa shape index (κ2) is 10.3. The van der Waals surface area contributed by atoms with Gasteiger partial charge in [0.1, 0.15) is 0 Å². The fourth-order valence-corrected chi connectivity index (χ4v) is 3.75. The molecule has 0 unspecified atom stereocenters. The molecule has 2 N–H and O–H groups in total. The summed E-state index contributed by atoms with van der Waals surface area (Å²) in [5, 5.41) is 20.7. The number of aliphatic hydroxyl groups excluding tert-OH is 1. The molecule has 5 aromatic rings. The maximum Gasteiger partial charge on any atom is 0.434 e. The van der Waals surface area contributed by atoms with Gasteiger partial charge in [0.25, 0.3) is 11.8 Å². The van der Waals surface area contributed by atoms with Gasteiger partial charge >= 0.3 is 6.18 Å². The molecule has 0 saturated carbocycles. The van der Waals surface area contributed by atoms with Crippen molar-refractivity contribution in [3.63, 3.8) is 0 Å². The highest BCUT2D eigenvalue weighted by atomic mass is 19.4. The van der Waals surface area contributed by atoms with Crippen LogP contribution in [-0.4, -0.2) is 35.9 Å². The molecule has 0 aliphatic heterocycles. The third kappa shape index (κ3) is 5.15. The van der Waals surface area contributed by atoms with Crippen molar-refractivity contribution < 1.29 is 27.6 Å². The van der Waals surface area contributed by atoms with Gasteiger partial charge in [-0.3, -0.25) is 9.78 Å². The average Bonchev–Trinajstić information content (AvgIpc) is 3.60. The predicted octanol–water partition coefficient (Wildman–Crippen LogP) is 4.35. The number of carbonyl (C=O) groups excluding carboxylic acids is 1. The van der Waals surface area contributed by atoms with Crippen molar-refractivity contribution in [1.82, 2.24) is 30.2 Å². The number of alkyl halides is 3. The normalized spacial score (nSPS) is 12.3. The zero-order chi connectivity index (χ0) is 26.7. The van der Waals surface area contributed by atoms with Crippen LogP contribution in [0.3, 0.4) is 0 Å². The lowest BCUT2D eigenvalue weighted by Crippen LogP contribution is -2.28. The van der Waals surface area contributed by atoms with Crippen molar-refractivity contribution in [2.75, 3.05) is 0 Å². The summed E-state index contributed by atoms with van der Waals surface area (Å²) in [6.45, 7) is 0.225. The maximum absolute atomic E-state index is 14.0. The van der Waals surface area contributed by atoms with Crippen LogP contribution in [0.15, 0.2) is 89.8 Å². The largest absolute Gasteiger partial charge is 0.434 e. The summed E-state index contributed by atoms with van der Waals surface area (Å²) >= 11 is 0. The summed E-state index contributed by atoms with van der Waals surface area (Å²) < 4.78 is 47.8. The van der Waals surface area contributed by atoms with E-state index in [1.807, 2.05) is 0 Å². The average molecular weight is 520 g/mol. The van der Waals surface area contributed by atoms with Crippen molar-refractivity contribution >= 4 is 5.91 Å². The molecule has 1 amide bonds. The monoisotopic (exact) mass is 520 g/mol. The van der Waals surface area contributed by atoms with E-state index in [-0.39, 0.29) is 29.5 Å². The van der Waals surface area contributed by atoms with Crippen molar-refractivity contribution in [3.8, 4) is 28.5 Å². The van der Waals surface area contributed by atoms with Crippen LogP contribution in [0.2, 0.25) is 0 Å². The number of hydrogen-bond acceptors (Lipinski definition) is 7. The van der Waals surface area contributed by atoms with Crippen LogP contribution in [-0.2, 0) is 17.5 Å². The molecule has 0 bridgehead atoms. The number of halogens is 3. The van der Waals surface area contributed by atoms with Gasteiger partial charge in [-0.25, -0.2) is 4.68 Å². The van der Waals surface area contributed by atoms with Gasteiger partial charge in [0.15, 0.2) is 11.8 Å². The Morgan fingerprint density at radius 2 is 1.74 bits per heavy atom. The van der Waals surface area contributed by atoms with Crippen LogP contribution in [0, 0.1) is 0 Å². The second-order valence-electron chi connectivity index (χ2n) is 8.17. The minimum absolute atomic E-state index is 0.0313. The highest BCUT2D eigenvalue weighted by Crippen LogP contribution is 2.38.